The normalized spacial score (nSPS) is 10.8. The smallest absolute Gasteiger partial charge is 0.223 e. The Hall–Kier alpha value is -3.34. The summed E-state index contributed by atoms with van der Waals surface area (Å²) in [5.41, 5.74) is 3.09. The maximum atomic E-state index is 12.9. The van der Waals surface area contributed by atoms with Crippen molar-refractivity contribution in [2.24, 2.45) is 5.92 Å². The predicted molar refractivity (Wildman–Crippen MR) is 127 cm³/mol. The third-order valence-corrected chi connectivity index (χ3v) is 5.14. The van der Waals surface area contributed by atoms with Crippen LogP contribution in [0.2, 0.25) is 0 Å². The molecule has 0 saturated carbocycles. The van der Waals surface area contributed by atoms with E-state index in [0.29, 0.717) is 43.5 Å². The van der Waals surface area contributed by atoms with Gasteiger partial charge in [-0.25, -0.2) is 0 Å². The molecular weight excluding hydrogens is 400 g/mol. The molecule has 3 aromatic rings. The van der Waals surface area contributed by atoms with E-state index in [1.54, 1.807) is 13.3 Å². The van der Waals surface area contributed by atoms with Gasteiger partial charge in [0.05, 0.1) is 7.11 Å². The van der Waals surface area contributed by atoms with Gasteiger partial charge in [-0.1, -0.05) is 56.3 Å². The predicted octanol–water partition coefficient (Wildman–Crippen LogP) is 5.29. The molecule has 1 heterocycles. The first-order valence-corrected chi connectivity index (χ1v) is 11.1. The number of pyridine rings is 1. The first kappa shape index (κ1) is 23.3. The number of benzene rings is 2. The summed E-state index contributed by atoms with van der Waals surface area (Å²) in [6.45, 7) is 5.75. The average molecular weight is 433 g/mol. The quantitative estimate of drug-likeness (QED) is 0.413. The molecule has 0 bridgehead atoms. The van der Waals surface area contributed by atoms with E-state index in [-0.39, 0.29) is 5.91 Å². The van der Waals surface area contributed by atoms with E-state index in [0.717, 1.165) is 23.2 Å². The Morgan fingerprint density at radius 2 is 1.75 bits per heavy atom. The number of hydrogen-bond acceptors (Lipinski definition) is 4. The molecule has 0 radical (unpaired) electrons. The van der Waals surface area contributed by atoms with Crippen LogP contribution in [0.1, 0.15) is 37.1 Å². The summed E-state index contributed by atoms with van der Waals surface area (Å²) >= 11 is 0. The van der Waals surface area contributed by atoms with Crippen LogP contribution in [0.4, 0.5) is 0 Å². The van der Waals surface area contributed by atoms with E-state index in [1.807, 2.05) is 71.6 Å². The van der Waals surface area contributed by atoms with Crippen molar-refractivity contribution in [3.05, 3.63) is 89.7 Å². The molecule has 0 aliphatic rings. The fourth-order valence-electron chi connectivity index (χ4n) is 3.45. The summed E-state index contributed by atoms with van der Waals surface area (Å²) in [4.78, 5) is 19.2. The van der Waals surface area contributed by atoms with E-state index < -0.39 is 0 Å². The highest BCUT2D eigenvalue weighted by Crippen LogP contribution is 2.29. The van der Waals surface area contributed by atoms with E-state index in [9.17, 15) is 4.79 Å². The molecule has 0 saturated heterocycles. The SMILES string of the molecule is COc1cc(CN(CCc2ccccn2)C(=O)CC(C)C)ccc1OCc1ccccc1. The van der Waals surface area contributed by atoms with Crippen LogP contribution in [0.3, 0.4) is 0 Å². The Morgan fingerprint density at radius 1 is 0.969 bits per heavy atom. The minimum atomic E-state index is 0.152. The number of methoxy groups -OCH3 is 1. The summed E-state index contributed by atoms with van der Waals surface area (Å²) in [5, 5.41) is 0. The van der Waals surface area contributed by atoms with Gasteiger partial charge in [-0.3, -0.25) is 9.78 Å². The number of nitrogens with zero attached hydrogens (tertiary/aromatic N) is 2. The van der Waals surface area contributed by atoms with Crippen molar-refractivity contribution in [1.29, 1.82) is 0 Å². The number of aromatic nitrogens is 1. The van der Waals surface area contributed by atoms with Gasteiger partial charge in [0.2, 0.25) is 5.91 Å². The Kier molecular flexibility index (Phi) is 8.67. The number of ether oxygens (including phenoxy) is 2. The van der Waals surface area contributed by atoms with Crippen LogP contribution in [0.25, 0.3) is 0 Å². The molecule has 0 atom stereocenters. The second-order valence-electron chi connectivity index (χ2n) is 8.24. The molecule has 1 amide bonds. The van der Waals surface area contributed by atoms with Gasteiger partial charge in [-0.2, -0.15) is 0 Å². The first-order valence-electron chi connectivity index (χ1n) is 11.1. The molecule has 0 spiro atoms. The molecule has 3 rings (SSSR count). The van der Waals surface area contributed by atoms with Crippen LogP contribution in [0, 0.1) is 5.92 Å². The lowest BCUT2D eigenvalue weighted by atomic mass is 10.1. The highest BCUT2D eigenvalue weighted by Gasteiger charge is 2.17. The molecular formula is C27H32N2O3. The van der Waals surface area contributed by atoms with Crippen molar-refractivity contribution < 1.29 is 14.3 Å². The molecule has 0 unspecified atom stereocenters. The van der Waals surface area contributed by atoms with E-state index in [4.69, 9.17) is 9.47 Å². The molecule has 1 aromatic heterocycles. The number of rotatable bonds is 11. The molecule has 168 valence electrons. The lowest BCUT2D eigenvalue weighted by molar-refractivity contribution is -0.132. The minimum absolute atomic E-state index is 0.152. The van der Waals surface area contributed by atoms with Crippen LogP contribution < -0.4 is 9.47 Å². The van der Waals surface area contributed by atoms with Crippen molar-refractivity contribution in [2.45, 2.75) is 39.8 Å². The van der Waals surface area contributed by atoms with Gasteiger partial charge >= 0.3 is 0 Å². The zero-order valence-electron chi connectivity index (χ0n) is 19.2. The number of carbonyl (C=O) groups is 1. The average Bonchev–Trinajstić information content (AvgIpc) is 2.81. The van der Waals surface area contributed by atoms with Crippen molar-refractivity contribution in [3.63, 3.8) is 0 Å². The third-order valence-electron chi connectivity index (χ3n) is 5.14. The first-order chi connectivity index (χ1) is 15.5. The van der Waals surface area contributed by atoms with E-state index in [2.05, 4.69) is 18.8 Å². The fourth-order valence-corrected chi connectivity index (χ4v) is 3.45. The molecule has 0 aliphatic heterocycles. The molecule has 0 fully saturated rings. The van der Waals surface area contributed by atoms with Gasteiger partial charge in [-0.05, 0) is 41.3 Å². The number of carbonyl (C=O) groups excluding carboxylic acids is 1. The summed E-state index contributed by atoms with van der Waals surface area (Å²) in [5.74, 6) is 1.82. The molecule has 5 heteroatoms. The van der Waals surface area contributed by atoms with Gasteiger partial charge < -0.3 is 14.4 Å². The maximum Gasteiger partial charge on any atom is 0.223 e. The maximum absolute atomic E-state index is 12.9. The Labute approximate surface area is 191 Å². The summed E-state index contributed by atoms with van der Waals surface area (Å²) in [6, 6.07) is 21.8. The van der Waals surface area contributed by atoms with Gasteiger partial charge in [-0.15, -0.1) is 0 Å². The largest absolute Gasteiger partial charge is 0.493 e. The minimum Gasteiger partial charge on any atom is -0.493 e. The fraction of sp³-hybridized carbons (Fsp3) is 0.333. The zero-order chi connectivity index (χ0) is 22.8. The summed E-state index contributed by atoms with van der Waals surface area (Å²) < 4.78 is 11.5. The zero-order valence-corrected chi connectivity index (χ0v) is 19.2. The summed E-state index contributed by atoms with van der Waals surface area (Å²) in [7, 11) is 1.64. The van der Waals surface area contributed by atoms with Crippen molar-refractivity contribution >= 4 is 5.91 Å². The highest BCUT2D eigenvalue weighted by molar-refractivity contribution is 5.76. The van der Waals surface area contributed by atoms with Crippen LogP contribution in [-0.2, 0) is 24.4 Å². The van der Waals surface area contributed by atoms with E-state index >= 15 is 0 Å². The summed E-state index contributed by atoms with van der Waals surface area (Å²) in [6.07, 6.45) is 3.03. The van der Waals surface area contributed by atoms with Crippen LogP contribution >= 0.6 is 0 Å². The third kappa shape index (κ3) is 7.12. The Morgan fingerprint density at radius 3 is 2.44 bits per heavy atom. The highest BCUT2D eigenvalue weighted by atomic mass is 16.5. The van der Waals surface area contributed by atoms with Crippen molar-refractivity contribution in [1.82, 2.24) is 9.88 Å². The molecule has 2 aromatic carbocycles. The molecule has 0 N–H and O–H groups in total. The van der Waals surface area contributed by atoms with Crippen LogP contribution in [0.15, 0.2) is 72.9 Å². The van der Waals surface area contributed by atoms with Gasteiger partial charge in [0.25, 0.3) is 0 Å². The molecule has 0 aliphatic carbocycles. The standard InChI is InChI=1S/C27H32N2O3/c1-21(2)17-27(30)29(16-14-24-11-7-8-15-28-24)19-23-12-13-25(26(18-23)31-3)32-20-22-9-5-4-6-10-22/h4-13,15,18,21H,14,16-17,19-20H2,1-3H3. The van der Waals surface area contributed by atoms with Crippen molar-refractivity contribution in [2.75, 3.05) is 13.7 Å². The lowest BCUT2D eigenvalue weighted by Crippen LogP contribution is -2.33. The number of hydrogen-bond donors (Lipinski definition) is 0. The van der Waals surface area contributed by atoms with E-state index in [1.165, 1.54) is 0 Å². The topological polar surface area (TPSA) is 51.7 Å². The van der Waals surface area contributed by atoms with Gasteiger partial charge in [0, 0.05) is 37.8 Å². The molecule has 5 nitrogen and oxygen atoms in total. The second kappa shape index (κ2) is 11.9. The van der Waals surface area contributed by atoms with Crippen LogP contribution in [-0.4, -0.2) is 29.4 Å². The lowest BCUT2D eigenvalue weighted by Gasteiger charge is -2.24. The molecule has 32 heavy (non-hydrogen) atoms. The van der Waals surface area contributed by atoms with Crippen LogP contribution in [0.5, 0.6) is 11.5 Å². The number of amides is 1. The monoisotopic (exact) mass is 432 g/mol. The van der Waals surface area contributed by atoms with Gasteiger partial charge in [0.15, 0.2) is 11.5 Å². The van der Waals surface area contributed by atoms with Gasteiger partial charge in [0.1, 0.15) is 6.61 Å². The Bertz CT molecular complexity index is 975. The Balaban J connectivity index is 1.70. The van der Waals surface area contributed by atoms with Crippen molar-refractivity contribution in [3.8, 4) is 11.5 Å². The second-order valence-corrected chi connectivity index (χ2v) is 8.24.